The van der Waals surface area contributed by atoms with Crippen molar-refractivity contribution in [2.24, 2.45) is 0 Å². The Morgan fingerprint density at radius 1 is 1.38 bits per heavy atom. The fourth-order valence-corrected chi connectivity index (χ4v) is 2.94. The van der Waals surface area contributed by atoms with E-state index >= 15 is 0 Å². The standard InChI is InChI=1S/C18H30N4O2/c1-3-18(2,8-12-23)21-17(24)20-14-15-7-9-19-16(13-15)22-10-5-4-6-11-22/h7,9,13,23H,3-6,8,10-12,14H2,1-2H3,(H2,20,21,24). The number of hydrogen-bond donors (Lipinski definition) is 3. The van der Waals surface area contributed by atoms with E-state index in [0.29, 0.717) is 13.0 Å². The third kappa shape index (κ3) is 5.37. The highest BCUT2D eigenvalue weighted by atomic mass is 16.3. The van der Waals surface area contributed by atoms with Gasteiger partial charge in [0.1, 0.15) is 5.82 Å². The highest BCUT2D eigenvalue weighted by Gasteiger charge is 2.23. The van der Waals surface area contributed by atoms with E-state index in [0.717, 1.165) is 30.9 Å². The molecular weight excluding hydrogens is 304 g/mol. The molecule has 0 bridgehead atoms. The van der Waals surface area contributed by atoms with Gasteiger partial charge in [0.05, 0.1) is 0 Å². The quantitative estimate of drug-likeness (QED) is 0.716. The van der Waals surface area contributed by atoms with Crippen LogP contribution in [0.25, 0.3) is 0 Å². The van der Waals surface area contributed by atoms with Crippen LogP contribution in [0.15, 0.2) is 18.3 Å². The summed E-state index contributed by atoms with van der Waals surface area (Å²) in [4.78, 5) is 18.9. The van der Waals surface area contributed by atoms with Crippen LogP contribution < -0.4 is 15.5 Å². The first kappa shape index (κ1) is 18.5. The molecule has 0 spiro atoms. The number of nitrogens with zero attached hydrogens (tertiary/aromatic N) is 2. The Morgan fingerprint density at radius 3 is 2.79 bits per heavy atom. The molecule has 6 heteroatoms. The maximum Gasteiger partial charge on any atom is 0.315 e. The zero-order chi connectivity index (χ0) is 17.4. The molecule has 1 saturated heterocycles. The van der Waals surface area contributed by atoms with E-state index in [2.05, 4.69) is 26.6 Å². The average molecular weight is 334 g/mol. The molecule has 1 aliphatic heterocycles. The zero-order valence-corrected chi connectivity index (χ0v) is 14.8. The summed E-state index contributed by atoms with van der Waals surface area (Å²) < 4.78 is 0. The lowest BCUT2D eigenvalue weighted by atomic mass is 9.95. The van der Waals surface area contributed by atoms with E-state index in [1.807, 2.05) is 19.9 Å². The van der Waals surface area contributed by atoms with E-state index in [-0.39, 0.29) is 18.2 Å². The number of aliphatic hydroxyl groups excluding tert-OH is 1. The van der Waals surface area contributed by atoms with E-state index in [9.17, 15) is 4.79 Å². The maximum absolute atomic E-state index is 12.1. The fraction of sp³-hybridized carbons (Fsp3) is 0.667. The number of carbonyl (C=O) groups excluding carboxylic acids is 1. The van der Waals surface area contributed by atoms with Crippen LogP contribution in [0.5, 0.6) is 0 Å². The highest BCUT2D eigenvalue weighted by molar-refractivity contribution is 5.74. The minimum Gasteiger partial charge on any atom is -0.396 e. The van der Waals surface area contributed by atoms with Crippen LogP contribution in [-0.2, 0) is 6.54 Å². The van der Waals surface area contributed by atoms with Crippen LogP contribution in [-0.4, -0.2) is 41.4 Å². The lowest BCUT2D eigenvalue weighted by molar-refractivity contribution is 0.200. The number of piperidine rings is 1. The Balaban J connectivity index is 1.88. The average Bonchev–Trinajstić information content (AvgIpc) is 2.61. The third-order valence-corrected chi connectivity index (χ3v) is 4.80. The molecule has 3 N–H and O–H groups in total. The molecule has 24 heavy (non-hydrogen) atoms. The minimum atomic E-state index is -0.379. The second-order valence-electron chi connectivity index (χ2n) is 6.77. The van der Waals surface area contributed by atoms with Crippen LogP contribution in [0.1, 0.15) is 51.5 Å². The summed E-state index contributed by atoms with van der Waals surface area (Å²) in [5, 5.41) is 15.0. The second kappa shape index (κ2) is 8.87. The van der Waals surface area contributed by atoms with Crippen LogP contribution >= 0.6 is 0 Å². The van der Waals surface area contributed by atoms with E-state index < -0.39 is 0 Å². The topological polar surface area (TPSA) is 77.5 Å². The summed E-state index contributed by atoms with van der Waals surface area (Å²) in [7, 11) is 0. The van der Waals surface area contributed by atoms with Crippen molar-refractivity contribution < 1.29 is 9.90 Å². The first-order valence-corrected chi connectivity index (χ1v) is 8.93. The Morgan fingerprint density at radius 2 is 2.12 bits per heavy atom. The van der Waals surface area contributed by atoms with Crippen LogP contribution in [0.3, 0.4) is 0 Å². The number of amides is 2. The van der Waals surface area contributed by atoms with Crippen molar-refractivity contribution in [3.05, 3.63) is 23.9 Å². The molecule has 134 valence electrons. The predicted octanol–water partition coefficient (Wildman–Crippen LogP) is 2.42. The summed E-state index contributed by atoms with van der Waals surface area (Å²) in [6.45, 7) is 6.59. The van der Waals surface area contributed by atoms with Crippen LogP contribution in [0.2, 0.25) is 0 Å². The summed E-state index contributed by atoms with van der Waals surface area (Å²) in [6.07, 6.45) is 6.85. The predicted molar refractivity (Wildman–Crippen MR) is 96.1 cm³/mol. The van der Waals surface area contributed by atoms with E-state index in [1.165, 1.54) is 19.3 Å². The molecular formula is C18H30N4O2. The molecule has 1 aromatic heterocycles. The number of anilines is 1. The smallest absolute Gasteiger partial charge is 0.315 e. The van der Waals surface area contributed by atoms with Crippen molar-refractivity contribution in [2.45, 2.75) is 58.0 Å². The van der Waals surface area contributed by atoms with Gasteiger partial charge in [-0.3, -0.25) is 0 Å². The summed E-state index contributed by atoms with van der Waals surface area (Å²) in [5.41, 5.74) is 0.664. The largest absolute Gasteiger partial charge is 0.396 e. The molecule has 2 amide bonds. The third-order valence-electron chi connectivity index (χ3n) is 4.80. The van der Waals surface area contributed by atoms with Crippen molar-refractivity contribution in [1.29, 1.82) is 0 Å². The number of aromatic nitrogens is 1. The minimum absolute atomic E-state index is 0.0637. The normalized spacial score (nSPS) is 17.2. The van der Waals surface area contributed by atoms with Gasteiger partial charge in [-0.1, -0.05) is 6.92 Å². The molecule has 0 aromatic carbocycles. The molecule has 2 rings (SSSR count). The number of nitrogens with one attached hydrogen (secondary N) is 2. The first-order chi connectivity index (χ1) is 11.6. The number of aliphatic hydroxyl groups is 1. The van der Waals surface area contributed by atoms with Crippen LogP contribution in [0, 0.1) is 0 Å². The van der Waals surface area contributed by atoms with Gasteiger partial charge in [-0.2, -0.15) is 0 Å². The number of pyridine rings is 1. The van der Waals surface area contributed by atoms with Gasteiger partial charge in [0.25, 0.3) is 0 Å². The maximum atomic E-state index is 12.1. The lowest BCUT2D eigenvalue weighted by Gasteiger charge is -2.29. The Bertz CT molecular complexity index is 532. The van der Waals surface area contributed by atoms with Gasteiger partial charge in [0.2, 0.25) is 0 Å². The van der Waals surface area contributed by atoms with Gasteiger partial charge < -0.3 is 20.6 Å². The summed E-state index contributed by atoms with van der Waals surface area (Å²) in [6, 6.07) is 3.78. The monoisotopic (exact) mass is 334 g/mol. The highest BCUT2D eigenvalue weighted by Crippen LogP contribution is 2.18. The molecule has 2 heterocycles. The van der Waals surface area contributed by atoms with Crippen molar-refractivity contribution in [3.63, 3.8) is 0 Å². The molecule has 1 aliphatic rings. The van der Waals surface area contributed by atoms with Gasteiger partial charge in [-0.05, 0) is 56.7 Å². The molecule has 1 fully saturated rings. The van der Waals surface area contributed by atoms with E-state index in [1.54, 1.807) is 6.20 Å². The van der Waals surface area contributed by atoms with Gasteiger partial charge in [-0.25, -0.2) is 9.78 Å². The Kier molecular flexibility index (Phi) is 6.85. The van der Waals surface area contributed by atoms with Gasteiger partial charge >= 0.3 is 6.03 Å². The van der Waals surface area contributed by atoms with Gasteiger partial charge in [-0.15, -0.1) is 0 Å². The number of carbonyl (C=O) groups is 1. The molecule has 0 saturated carbocycles. The molecule has 6 nitrogen and oxygen atoms in total. The summed E-state index contributed by atoms with van der Waals surface area (Å²) in [5.74, 6) is 0.994. The van der Waals surface area contributed by atoms with Gasteiger partial charge in [0, 0.05) is 38.0 Å². The lowest BCUT2D eigenvalue weighted by Crippen LogP contribution is -2.50. The van der Waals surface area contributed by atoms with Crippen molar-refractivity contribution >= 4 is 11.8 Å². The van der Waals surface area contributed by atoms with E-state index in [4.69, 9.17) is 5.11 Å². The van der Waals surface area contributed by atoms with Gasteiger partial charge in [0.15, 0.2) is 0 Å². The zero-order valence-electron chi connectivity index (χ0n) is 14.8. The van der Waals surface area contributed by atoms with Crippen molar-refractivity contribution in [1.82, 2.24) is 15.6 Å². The number of rotatable bonds is 7. The summed E-state index contributed by atoms with van der Waals surface area (Å²) >= 11 is 0. The fourth-order valence-electron chi connectivity index (χ4n) is 2.94. The van der Waals surface area contributed by atoms with Crippen molar-refractivity contribution in [2.75, 3.05) is 24.6 Å². The SMILES string of the molecule is CCC(C)(CCO)NC(=O)NCc1ccnc(N2CCCCC2)c1. The molecule has 0 aliphatic carbocycles. The molecule has 1 atom stereocenters. The first-order valence-electron chi connectivity index (χ1n) is 8.93. The molecule has 0 radical (unpaired) electrons. The number of hydrogen-bond acceptors (Lipinski definition) is 4. The molecule has 1 aromatic rings. The number of urea groups is 1. The molecule has 1 unspecified atom stereocenters. The second-order valence-corrected chi connectivity index (χ2v) is 6.77. The Labute approximate surface area is 144 Å². The van der Waals surface area contributed by atoms with Crippen molar-refractivity contribution in [3.8, 4) is 0 Å². The Hall–Kier alpha value is -1.82. The van der Waals surface area contributed by atoms with Crippen LogP contribution in [0.4, 0.5) is 10.6 Å².